The summed E-state index contributed by atoms with van der Waals surface area (Å²) < 4.78 is 26.9. The Labute approximate surface area is 133 Å². The molecule has 2 rings (SSSR count). The molecule has 0 fully saturated rings. The maximum atomic E-state index is 13.5. The van der Waals surface area contributed by atoms with E-state index >= 15 is 0 Å². The minimum absolute atomic E-state index is 0.0427. The zero-order valence-electron chi connectivity index (χ0n) is 12.4. The number of urea groups is 1. The lowest BCUT2D eigenvalue weighted by molar-refractivity contribution is 0.217. The molecule has 3 N–H and O–H groups in total. The predicted octanol–water partition coefficient (Wildman–Crippen LogP) is 2.54. The second-order valence-electron chi connectivity index (χ2n) is 5.00. The molecule has 0 saturated carbocycles. The highest BCUT2D eigenvalue weighted by atomic mass is 19.1. The van der Waals surface area contributed by atoms with Gasteiger partial charge in [-0.1, -0.05) is 36.4 Å². The fourth-order valence-corrected chi connectivity index (χ4v) is 2.20. The van der Waals surface area contributed by atoms with E-state index in [1.807, 2.05) is 6.07 Å². The van der Waals surface area contributed by atoms with Crippen LogP contribution in [0.5, 0.6) is 0 Å². The van der Waals surface area contributed by atoms with Crippen molar-refractivity contribution in [1.82, 2.24) is 10.6 Å². The minimum Gasteiger partial charge on any atom is -0.394 e. The minimum atomic E-state index is -0.635. The summed E-state index contributed by atoms with van der Waals surface area (Å²) in [4.78, 5) is 11.8. The van der Waals surface area contributed by atoms with E-state index in [1.165, 1.54) is 18.2 Å². The summed E-state index contributed by atoms with van der Waals surface area (Å²) in [6.45, 7) is -0.171. The molecule has 0 saturated heterocycles. The number of rotatable bonds is 6. The van der Waals surface area contributed by atoms with Gasteiger partial charge in [0.05, 0.1) is 12.6 Å². The van der Waals surface area contributed by atoms with Crippen LogP contribution in [0, 0.1) is 11.6 Å². The fourth-order valence-electron chi connectivity index (χ4n) is 2.20. The first-order chi connectivity index (χ1) is 11.1. The molecule has 6 heteroatoms. The van der Waals surface area contributed by atoms with Gasteiger partial charge in [0, 0.05) is 12.1 Å². The molecule has 122 valence electrons. The van der Waals surface area contributed by atoms with E-state index in [0.717, 1.165) is 5.56 Å². The van der Waals surface area contributed by atoms with Crippen molar-refractivity contribution in [2.24, 2.45) is 0 Å². The average molecular weight is 320 g/mol. The zero-order chi connectivity index (χ0) is 16.7. The second kappa shape index (κ2) is 8.24. The Balaban J connectivity index is 1.85. The Bertz CT molecular complexity index is 630. The van der Waals surface area contributed by atoms with Crippen molar-refractivity contribution in [3.8, 4) is 0 Å². The lowest BCUT2D eigenvalue weighted by Gasteiger charge is -2.17. The summed E-state index contributed by atoms with van der Waals surface area (Å²) in [5, 5.41) is 14.5. The number of benzene rings is 2. The molecule has 2 amide bonds. The third-order valence-electron chi connectivity index (χ3n) is 3.41. The number of carbonyl (C=O) groups is 1. The number of aliphatic hydroxyl groups is 1. The highest BCUT2D eigenvalue weighted by Gasteiger charge is 2.13. The van der Waals surface area contributed by atoms with Crippen LogP contribution in [0.2, 0.25) is 0 Å². The number of aliphatic hydroxyl groups excluding tert-OH is 1. The maximum Gasteiger partial charge on any atom is 0.315 e. The number of halogens is 2. The fraction of sp³-hybridized carbons (Fsp3) is 0.235. The van der Waals surface area contributed by atoms with E-state index in [9.17, 15) is 18.7 Å². The van der Waals surface area contributed by atoms with E-state index in [1.54, 1.807) is 24.3 Å². The quantitative estimate of drug-likeness (QED) is 0.766. The second-order valence-corrected chi connectivity index (χ2v) is 5.00. The van der Waals surface area contributed by atoms with Gasteiger partial charge in [-0.15, -0.1) is 0 Å². The Morgan fingerprint density at radius 1 is 1.04 bits per heavy atom. The first kappa shape index (κ1) is 16.9. The van der Waals surface area contributed by atoms with Gasteiger partial charge in [0.1, 0.15) is 11.6 Å². The van der Waals surface area contributed by atoms with Gasteiger partial charge in [-0.3, -0.25) is 0 Å². The van der Waals surface area contributed by atoms with Gasteiger partial charge in [-0.25, -0.2) is 13.6 Å². The van der Waals surface area contributed by atoms with Crippen molar-refractivity contribution in [2.75, 3.05) is 13.2 Å². The molecule has 0 aliphatic heterocycles. The summed E-state index contributed by atoms with van der Waals surface area (Å²) in [5.41, 5.74) is 0.708. The van der Waals surface area contributed by atoms with Crippen molar-refractivity contribution < 1.29 is 18.7 Å². The molecular weight excluding hydrogens is 302 g/mol. The zero-order valence-corrected chi connectivity index (χ0v) is 12.4. The number of hydrogen-bond acceptors (Lipinski definition) is 2. The molecule has 0 aromatic heterocycles. The first-order valence-corrected chi connectivity index (χ1v) is 7.25. The smallest absolute Gasteiger partial charge is 0.315 e. The van der Waals surface area contributed by atoms with E-state index in [0.29, 0.717) is 0 Å². The Morgan fingerprint density at radius 2 is 1.70 bits per heavy atom. The molecule has 0 aliphatic rings. The van der Waals surface area contributed by atoms with E-state index < -0.39 is 23.7 Å². The average Bonchev–Trinajstić information content (AvgIpc) is 2.56. The third-order valence-corrected chi connectivity index (χ3v) is 3.41. The Morgan fingerprint density at radius 3 is 2.30 bits per heavy atom. The van der Waals surface area contributed by atoms with Crippen LogP contribution in [-0.4, -0.2) is 24.3 Å². The van der Waals surface area contributed by atoms with Crippen LogP contribution in [0.1, 0.15) is 17.2 Å². The van der Waals surface area contributed by atoms with Crippen molar-refractivity contribution >= 4 is 6.03 Å². The molecule has 4 nitrogen and oxygen atoms in total. The van der Waals surface area contributed by atoms with Gasteiger partial charge < -0.3 is 15.7 Å². The molecule has 0 bridgehead atoms. The first-order valence-electron chi connectivity index (χ1n) is 7.25. The highest BCUT2D eigenvalue weighted by molar-refractivity contribution is 5.74. The maximum absolute atomic E-state index is 13.5. The molecule has 0 aliphatic carbocycles. The highest BCUT2D eigenvalue weighted by Crippen LogP contribution is 2.13. The molecule has 0 spiro atoms. The van der Waals surface area contributed by atoms with Crippen LogP contribution < -0.4 is 10.6 Å². The summed E-state index contributed by atoms with van der Waals surface area (Å²) in [6.07, 6.45) is 0.0427. The Kier molecular flexibility index (Phi) is 6.05. The SMILES string of the molecule is O=C(NCCc1c(F)cccc1F)NC(CO)c1ccccc1. The van der Waals surface area contributed by atoms with E-state index in [4.69, 9.17) is 0 Å². The molecule has 0 heterocycles. The number of amides is 2. The predicted molar refractivity (Wildman–Crippen MR) is 82.9 cm³/mol. The van der Waals surface area contributed by atoms with Gasteiger partial charge in [0.15, 0.2) is 0 Å². The molecular formula is C17H18F2N2O2. The van der Waals surface area contributed by atoms with Gasteiger partial charge in [-0.05, 0) is 24.1 Å². The van der Waals surface area contributed by atoms with Crippen LogP contribution >= 0.6 is 0 Å². The van der Waals surface area contributed by atoms with Gasteiger partial charge in [0.25, 0.3) is 0 Å². The van der Waals surface area contributed by atoms with E-state index in [-0.39, 0.29) is 25.1 Å². The van der Waals surface area contributed by atoms with Crippen LogP contribution in [0.25, 0.3) is 0 Å². The monoisotopic (exact) mass is 320 g/mol. The van der Waals surface area contributed by atoms with Crippen LogP contribution in [-0.2, 0) is 6.42 Å². The number of carbonyl (C=O) groups excluding carboxylic acids is 1. The number of nitrogens with one attached hydrogen (secondary N) is 2. The molecule has 1 atom stereocenters. The summed E-state index contributed by atoms with van der Waals surface area (Å²) >= 11 is 0. The van der Waals surface area contributed by atoms with Gasteiger partial charge in [-0.2, -0.15) is 0 Å². The summed E-state index contributed by atoms with van der Waals surface area (Å²) in [7, 11) is 0. The van der Waals surface area contributed by atoms with Crippen molar-refractivity contribution in [3.63, 3.8) is 0 Å². The van der Waals surface area contributed by atoms with Gasteiger partial charge in [0.2, 0.25) is 0 Å². The lowest BCUT2D eigenvalue weighted by Crippen LogP contribution is -2.40. The van der Waals surface area contributed by atoms with Crippen molar-refractivity contribution in [2.45, 2.75) is 12.5 Å². The largest absolute Gasteiger partial charge is 0.394 e. The molecule has 0 radical (unpaired) electrons. The number of hydrogen-bond donors (Lipinski definition) is 3. The topological polar surface area (TPSA) is 61.4 Å². The standard InChI is InChI=1S/C17H18F2N2O2/c18-14-7-4-8-15(19)13(14)9-10-20-17(23)21-16(11-22)12-5-2-1-3-6-12/h1-8,16,22H,9-11H2,(H2,20,21,23). The van der Waals surface area contributed by atoms with E-state index in [2.05, 4.69) is 10.6 Å². The molecule has 2 aromatic rings. The summed E-state index contributed by atoms with van der Waals surface area (Å²) in [6, 6.07) is 11.6. The lowest BCUT2D eigenvalue weighted by atomic mass is 10.1. The molecule has 2 aromatic carbocycles. The third kappa shape index (κ3) is 4.75. The van der Waals surface area contributed by atoms with Crippen molar-refractivity contribution in [1.29, 1.82) is 0 Å². The molecule has 23 heavy (non-hydrogen) atoms. The molecule has 1 unspecified atom stereocenters. The van der Waals surface area contributed by atoms with Crippen LogP contribution in [0.4, 0.5) is 13.6 Å². The van der Waals surface area contributed by atoms with Gasteiger partial charge >= 0.3 is 6.03 Å². The normalized spacial score (nSPS) is 11.8. The van der Waals surface area contributed by atoms with Crippen LogP contribution in [0.15, 0.2) is 48.5 Å². The summed E-state index contributed by atoms with van der Waals surface area (Å²) in [5.74, 6) is -1.27. The van der Waals surface area contributed by atoms with Crippen molar-refractivity contribution in [3.05, 3.63) is 71.3 Å². The van der Waals surface area contributed by atoms with Crippen LogP contribution in [0.3, 0.4) is 0 Å². The Hall–Kier alpha value is -2.47.